The van der Waals surface area contributed by atoms with Gasteiger partial charge in [-0.1, -0.05) is 12.5 Å². The summed E-state index contributed by atoms with van der Waals surface area (Å²) >= 11 is 0. The van der Waals surface area contributed by atoms with Crippen molar-refractivity contribution in [3.05, 3.63) is 30.0 Å². The van der Waals surface area contributed by atoms with Crippen LogP contribution in [0.1, 0.15) is 49.0 Å². The Bertz CT molecular complexity index is 1270. The van der Waals surface area contributed by atoms with E-state index in [-0.39, 0.29) is 29.6 Å². The molecule has 9 nitrogen and oxygen atoms in total. The molecule has 1 aromatic carbocycles. The molecule has 0 unspecified atom stereocenters. The molecule has 2 aromatic rings. The van der Waals surface area contributed by atoms with Crippen molar-refractivity contribution < 1.29 is 19.1 Å². The lowest BCUT2D eigenvalue weighted by atomic mass is 9.57. The van der Waals surface area contributed by atoms with E-state index in [0.717, 1.165) is 30.2 Å². The molecule has 6 rings (SSSR count). The number of carbonyl (C=O) groups is 3. The number of aromatic nitrogens is 1. The van der Waals surface area contributed by atoms with Gasteiger partial charge >= 0.3 is 0 Å². The maximum Gasteiger partial charge on any atom is 0.271 e. The van der Waals surface area contributed by atoms with Gasteiger partial charge in [-0.2, -0.15) is 5.26 Å². The molecule has 2 aliphatic carbocycles. The van der Waals surface area contributed by atoms with Gasteiger partial charge in [0.15, 0.2) is 0 Å². The fraction of sp³-hybridized carbons (Fsp3) is 0.538. The van der Waals surface area contributed by atoms with Crippen LogP contribution < -0.4 is 15.4 Å². The Morgan fingerprint density at radius 1 is 1.29 bits per heavy atom. The third kappa shape index (κ3) is 3.23. The molecule has 9 heteroatoms. The van der Waals surface area contributed by atoms with Crippen molar-refractivity contribution in [3.8, 4) is 11.8 Å². The Morgan fingerprint density at radius 3 is 2.83 bits per heavy atom. The molecule has 2 saturated carbocycles. The number of nitriles is 1. The zero-order valence-electron chi connectivity index (χ0n) is 19.7. The molecule has 3 heterocycles. The highest BCUT2D eigenvalue weighted by atomic mass is 16.5. The Kier molecular flexibility index (Phi) is 4.85. The zero-order valence-corrected chi connectivity index (χ0v) is 19.7. The first-order chi connectivity index (χ1) is 16.9. The first kappa shape index (κ1) is 22.0. The van der Waals surface area contributed by atoms with Crippen LogP contribution in [0.4, 0.5) is 0 Å². The van der Waals surface area contributed by atoms with Gasteiger partial charge in [-0.15, -0.1) is 0 Å². The highest BCUT2D eigenvalue weighted by Gasteiger charge is 2.62. The third-order valence-electron chi connectivity index (χ3n) is 8.72. The number of nitrogens with one attached hydrogen (secondary N) is 3. The lowest BCUT2D eigenvalue weighted by molar-refractivity contribution is -0.140. The SMILES string of the molecule is COc1cccc2[nH]c(C(=O)N3C[C@@H]4CCC[C@@H]4[C@H]3C(=O)NC3(C#N)CC4(CCNC4=O)C3)cc12. The van der Waals surface area contributed by atoms with Crippen LogP contribution in [0.5, 0.6) is 5.75 Å². The van der Waals surface area contributed by atoms with E-state index in [1.807, 2.05) is 18.2 Å². The van der Waals surface area contributed by atoms with E-state index in [1.54, 1.807) is 18.1 Å². The van der Waals surface area contributed by atoms with Gasteiger partial charge in [0.2, 0.25) is 11.8 Å². The van der Waals surface area contributed by atoms with E-state index in [9.17, 15) is 19.6 Å². The number of fused-ring (bicyclic) bond motifs is 2. The minimum atomic E-state index is -1.06. The van der Waals surface area contributed by atoms with E-state index in [4.69, 9.17) is 4.74 Å². The largest absolute Gasteiger partial charge is 0.496 e. The first-order valence-electron chi connectivity index (χ1n) is 12.4. The van der Waals surface area contributed by atoms with E-state index in [2.05, 4.69) is 21.7 Å². The van der Waals surface area contributed by atoms with Crippen molar-refractivity contribution in [2.45, 2.75) is 50.1 Å². The van der Waals surface area contributed by atoms with Crippen LogP contribution in [0.2, 0.25) is 0 Å². The molecule has 4 fully saturated rings. The number of methoxy groups -OCH3 is 1. The van der Waals surface area contributed by atoms with Gasteiger partial charge in [-0.05, 0) is 62.1 Å². The van der Waals surface area contributed by atoms with E-state index in [0.29, 0.717) is 43.8 Å². The van der Waals surface area contributed by atoms with Gasteiger partial charge in [-0.3, -0.25) is 14.4 Å². The van der Waals surface area contributed by atoms with Gasteiger partial charge in [-0.25, -0.2) is 0 Å². The molecule has 4 aliphatic rings. The number of likely N-dealkylation sites (tertiary alicyclic amines) is 1. The number of rotatable bonds is 4. The van der Waals surface area contributed by atoms with Gasteiger partial charge in [0, 0.05) is 24.0 Å². The third-order valence-corrected chi connectivity index (χ3v) is 8.72. The quantitative estimate of drug-likeness (QED) is 0.624. The Labute approximate surface area is 203 Å². The number of carbonyl (C=O) groups excluding carboxylic acids is 3. The fourth-order valence-electron chi connectivity index (χ4n) is 7.09. The van der Waals surface area contributed by atoms with Gasteiger partial charge in [0.1, 0.15) is 23.0 Å². The summed E-state index contributed by atoms with van der Waals surface area (Å²) in [6, 6.07) is 9.03. The normalized spacial score (nSPS) is 33.3. The minimum Gasteiger partial charge on any atom is -0.496 e. The maximum absolute atomic E-state index is 13.7. The topological polar surface area (TPSA) is 127 Å². The summed E-state index contributed by atoms with van der Waals surface area (Å²) in [7, 11) is 1.59. The molecule has 1 spiro atoms. The van der Waals surface area contributed by atoms with Crippen LogP contribution in [0.25, 0.3) is 10.9 Å². The number of amides is 3. The molecule has 2 saturated heterocycles. The maximum atomic E-state index is 13.7. The molecule has 3 atom stereocenters. The summed E-state index contributed by atoms with van der Waals surface area (Å²) < 4.78 is 5.43. The number of hydrogen-bond donors (Lipinski definition) is 3. The van der Waals surface area contributed by atoms with Crippen LogP contribution in [0.15, 0.2) is 24.3 Å². The Balaban J connectivity index is 1.26. The smallest absolute Gasteiger partial charge is 0.271 e. The predicted octanol–water partition coefficient (Wildman–Crippen LogP) is 2.10. The van der Waals surface area contributed by atoms with Crippen molar-refractivity contribution >= 4 is 28.6 Å². The number of ether oxygens (including phenoxy) is 1. The average Bonchev–Trinajstić information content (AvgIpc) is 3.60. The number of benzene rings is 1. The summed E-state index contributed by atoms with van der Waals surface area (Å²) in [5, 5.41) is 16.6. The second-order valence-corrected chi connectivity index (χ2v) is 10.7. The molecular weight excluding hydrogens is 446 g/mol. The summed E-state index contributed by atoms with van der Waals surface area (Å²) in [6.45, 7) is 1.14. The monoisotopic (exact) mass is 475 g/mol. The lowest BCUT2D eigenvalue weighted by Gasteiger charge is -2.49. The summed E-state index contributed by atoms with van der Waals surface area (Å²) in [5.74, 6) is 0.509. The van der Waals surface area contributed by atoms with E-state index >= 15 is 0 Å². The molecule has 0 radical (unpaired) electrons. The number of nitrogens with zero attached hydrogens (tertiary/aromatic N) is 2. The second kappa shape index (κ2) is 7.74. The Morgan fingerprint density at radius 2 is 2.11 bits per heavy atom. The predicted molar refractivity (Wildman–Crippen MR) is 126 cm³/mol. The van der Waals surface area contributed by atoms with Crippen molar-refractivity contribution in [2.24, 2.45) is 17.3 Å². The molecule has 2 aliphatic heterocycles. The molecule has 1 aromatic heterocycles. The minimum absolute atomic E-state index is 0.0274. The van der Waals surface area contributed by atoms with Crippen LogP contribution in [-0.4, -0.2) is 59.4 Å². The van der Waals surface area contributed by atoms with Gasteiger partial charge in [0.05, 0.1) is 18.6 Å². The van der Waals surface area contributed by atoms with Crippen molar-refractivity contribution in [1.29, 1.82) is 5.26 Å². The molecule has 0 bridgehead atoms. The van der Waals surface area contributed by atoms with Crippen LogP contribution in [-0.2, 0) is 9.59 Å². The van der Waals surface area contributed by atoms with Crippen molar-refractivity contribution in [2.75, 3.05) is 20.2 Å². The van der Waals surface area contributed by atoms with Crippen molar-refractivity contribution in [3.63, 3.8) is 0 Å². The standard InChI is InChI=1S/C26H29N5O4/c1-35-20-7-3-6-18-17(20)10-19(29-18)23(33)31-11-15-4-2-5-16(15)21(31)22(32)30-26(14-27)12-25(13-26)8-9-28-24(25)34/h3,6-7,10,15-16,21,29H,2,4-5,8-9,11-13H2,1H3,(H,28,34)(H,30,32)/t15-,16-,21-,25?,26?/m0/s1. The lowest BCUT2D eigenvalue weighted by Crippen LogP contribution is -2.65. The van der Waals surface area contributed by atoms with Gasteiger partial charge in [0.25, 0.3) is 5.91 Å². The Hall–Kier alpha value is -3.54. The van der Waals surface area contributed by atoms with Crippen LogP contribution in [0, 0.1) is 28.6 Å². The summed E-state index contributed by atoms with van der Waals surface area (Å²) in [4.78, 5) is 44.5. The first-order valence-corrected chi connectivity index (χ1v) is 12.4. The van der Waals surface area contributed by atoms with Crippen molar-refractivity contribution in [1.82, 2.24) is 20.5 Å². The second-order valence-electron chi connectivity index (χ2n) is 10.7. The van der Waals surface area contributed by atoms with Crippen LogP contribution >= 0.6 is 0 Å². The molecule has 3 N–H and O–H groups in total. The molecular formula is C26H29N5O4. The number of hydrogen-bond acceptors (Lipinski definition) is 5. The fourth-order valence-corrected chi connectivity index (χ4v) is 7.09. The number of aromatic amines is 1. The summed E-state index contributed by atoms with van der Waals surface area (Å²) in [5.41, 5.74) is -0.389. The van der Waals surface area contributed by atoms with Gasteiger partial charge < -0.3 is 25.3 Å². The highest BCUT2D eigenvalue weighted by Crippen LogP contribution is 2.53. The van der Waals surface area contributed by atoms with E-state index in [1.165, 1.54) is 0 Å². The van der Waals surface area contributed by atoms with E-state index < -0.39 is 17.0 Å². The number of H-pyrrole nitrogens is 1. The zero-order chi connectivity index (χ0) is 24.4. The average molecular weight is 476 g/mol. The van der Waals surface area contributed by atoms with Crippen LogP contribution in [0.3, 0.4) is 0 Å². The molecule has 182 valence electrons. The highest BCUT2D eigenvalue weighted by molar-refractivity contribution is 6.02. The molecule has 3 amide bonds. The molecule has 35 heavy (non-hydrogen) atoms. The summed E-state index contributed by atoms with van der Waals surface area (Å²) in [6.07, 6.45) is 4.25.